The Morgan fingerprint density at radius 3 is 2.67 bits per heavy atom. The number of halogens is 5. The molecule has 0 aromatic heterocycles. The molecule has 0 spiro atoms. The lowest BCUT2D eigenvalue weighted by Gasteiger charge is -2.15. The quantitative estimate of drug-likeness (QED) is 0.838. The van der Waals surface area contributed by atoms with Crippen LogP contribution in [0.5, 0.6) is 0 Å². The highest BCUT2D eigenvalue weighted by Gasteiger charge is 2.34. The van der Waals surface area contributed by atoms with Gasteiger partial charge in [-0.2, -0.15) is 13.2 Å². The fourth-order valence-corrected chi connectivity index (χ4v) is 2.17. The zero-order valence-corrected chi connectivity index (χ0v) is 11.8. The first-order valence-corrected chi connectivity index (χ1v) is 6.22. The first-order chi connectivity index (χ1) is 9.38. The summed E-state index contributed by atoms with van der Waals surface area (Å²) in [6.07, 6.45) is -3.97. The fourth-order valence-electron chi connectivity index (χ4n) is 2.17. The number of hydrogen-bond donors (Lipinski definition) is 2. The van der Waals surface area contributed by atoms with Crippen molar-refractivity contribution in [3.8, 4) is 0 Å². The molecule has 0 bridgehead atoms. The molecule has 3 nitrogen and oxygen atoms in total. The van der Waals surface area contributed by atoms with Gasteiger partial charge in [-0.3, -0.25) is 4.79 Å². The van der Waals surface area contributed by atoms with E-state index in [4.69, 9.17) is 0 Å². The van der Waals surface area contributed by atoms with Gasteiger partial charge in [0.1, 0.15) is 5.82 Å². The number of amides is 1. The van der Waals surface area contributed by atoms with Crippen molar-refractivity contribution >= 4 is 18.3 Å². The SMILES string of the molecule is Cl.O=C(NCc1ccc(F)cc1C(F)(F)F)C1CCNC1. The third kappa shape index (κ3) is 4.57. The Bertz CT molecular complexity index is 501. The van der Waals surface area contributed by atoms with Gasteiger partial charge in [-0.05, 0) is 30.7 Å². The average molecular weight is 327 g/mol. The molecule has 2 rings (SSSR count). The fraction of sp³-hybridized carbons (Fsp3) is 0.462. The van der Waals surface area contributed by atoms with Crippen molar-refractivity contribution in [2.45, 2.75) is 19.1 Å². The Balaban J connectivity index is 0.00000220. The largest absolute Gasteiger partial charge is 0.416 e. The van der Waals surface area contributed by atoms with Gasteiger partial charge >= 0.3 is 6.18 Å². The van der Waals surface area contributed by atoms with E-state index in [9.17, 15) is 22.4 Å². The molecule has 0 aliphatic carbocycles. The minimum absolute atomic E-state index is 0. The minimum Gasteiger partial charge on any atom is -0.352 e. The third-order valence-corrected chi connectivity index (χ3v) is 3.26. The molecule has 1 saturated heterocycles. The Morgan fingerprint density at radius 1 is 1.38 bits per heavy atom. The minimum atomic E-state index is -4.64. The standard InChI is InChI=1S/C13H14F4N2O.ClH/c14-10-2-1-8(11(5-10)13(15,16)17)7-19-12(20)9-3-4-18-6-9;/h1-2,5,9,18H,3-4,6-7H2,(H,19,20);1H. The maximum absolute atomic E-state index is 12.9. The Labute approximate surface area is 125 Å². The number of carbonyl (C=O) groups is 1. The maximum Gasteiger partial charge on any atom is 0.416 e. The number of benzene rings is 1. The molecule has 1 aliphatic rings. The summed E-state index contributed by atoms with van der Waals surface area (Å²) in [5, 5.41) is 5.48. The van der Waals surface area contributed by atoms with Gasteiger partial charge in [-0.1, -0.05) is 6.07 Å². The Kier molecular flexibility index (Phi) is 5.98. The van der Waals surface area contributed by atoms with E-state index in [2.05, 4.69) is 10.6 Å². The summed E-state index contributed by atoms with van der Waals surface area (Å²) in [5.74, 6) is -1.45. The molecule has 1 aliphatic heterocycles. The molecule has 0 saturated carbocycles. The number of rotatable bonds is 3. The molecule has 1 aromatic rings. The maximum atomic E-state index is 12.9. The van der Waals surface area contributed by atoms with E-state index in [1.54, 1.807) is 0 Å². The van der Waals surface area contributed by atoms with Gasteiger partial charge in [0.15, 0.2) is 0 Å². The zero-order valence-electron chi connectivity index (χ0n) is 11.0. The number of carbonyl (C=O) groups excluding carboxylic acids is 1. The summed E-state index contributed by atoms with van der Waals surface area (Å²) in [6, 6.07) is 2.44. The lowest BCUT2D eigenvalue weighted by atomic mass is 10.1. The molecule has 0 radical (unpaired) electrons. The first-order valence-electron chi connectivity index (χ1n) is 6.22. The molecule has 2 N–H and O–H groups in total. The third-order valence-electron chi connectivity index (χ3n) is 3.26. The van der Waals surface area contributed by atoms with Crippen LogP contribution in [0, 0.1) is 11.7 Å². The van der Waals surface area contributed by atoms with E-state index < -0.39 is 17.6 Å². The van der Waals surface area contributed by atoms with Crippen LogP contribution in [0.4, 0.5) is 17.6 Å². The smallest absolute Gasteiger partial charge is 0.352 e. The molecule has 118 valence electrons. The lowest BCUT2D eigenvalue weighted by molar-refractivity contribution is -0.138. The van der Waals surface area contributed by atoms with Crippen LogP contribution in [-0.2, 0) is 17.5 Å². The van der Waals surface area contributed by atoms with Gasteiger partial charge in [0, 0.05) is 13.1 Å². The van der Waals surface area contributed by atoms with Crippen molar-refractivity contribution in [2.24, 2.45) is 5.92 Å². The van der Waals surface area contributed by atoms with Crippen LogP contribution in [0.2, 0.25) is 0 Å². The number of nitrogens with one attached hydrogen (secondary N) is 2. The van der Waals surface area contributed by atoms with E-state index >= 15 is 0 Å². The average Bonchev–Trinajstić information content (AvgIpc) is 2.89. The van der Waals surface area contributed by atoms with Crippen LogP contribution in [0.3, 0.4) is 0 Å². The van der Waals surface area contributed by atoms with E-state index in [0.29, 0.717) is 19.0 Å². The predicted molar refractivity (Wildman–Crippen MR) is 71.5 cm³/mol. The second-order valence-corrected chi connectivity index (χ2v) is 4.71. The molecule has 1 atom stereocenters. The number of hydrogen-bond acceptors (Lipinski definition) is 2. The van der Waals surface area contributed by atoms with E-state index in [-0.39, 0.29) is 36.3 Å². The van der Waals surface area contributed by atoms with E-state index in [0.717, 1.165) is 18.7 Å². The highest BCUT2D eigenvalue weighted by molar-refractivity contribution is 5.85. The molecule has 8 heteroatoms. The summed E-state index contributed by atoms with van der Waals surface area (Å²) in [7, 11) is 0. The van der Waals surface area contributed by atoms with Crippen LogP contribution < -0.4 is 10.6 Å². The van der Waals surface area contributed by atoms with Gasteiger partial charge in [-0.25, -0.2) is 4.39 Å². The molecule has 21 heavy (non-hydrogen) atoms. The van der Waals surface area contributed by atoms with Crippen molar-refractivity contribution in [1.29, 1.82) is 0 Å². The predicted octanol–water partition coefficient (Wildman–Crippen LogP) is 2.49. The summed E-state index contributed by atoms with van der Waals surface area (Å²) < 4.78 is 51.2. The highest BCUT2D eigenvalue weighted by atomic mass is 35.5. The Morgan fingerprint density at radius 2 is 2.10 bits per heavy atom. The molecule has 1 unspecified atom stereocenters. The summed E-state index contributed by atoms with van der Waals surface area (Å²) in [5.41, 5.74) is -1.19. The molecule has 1 aromatic carbocycles. The second kappa shape index (κ2) is 7.09. The number of alkyl halides is 3. The molecule has 1 heterocycles. The highest BCUT2D eigenvalue weighted by Crippen LogP contribution is 2.32. The molecule has 1 amide bonds. The van der Waals surface area contributed by atoms with Crippen molar-refractivity contribution in [2.75, 3.05) is 13.1 Å². The lowest BCUT2D eigenvalue weighted by Crippen LogP contribution is -2.32. The summed E-state index contributed by atoms with van der Waals surface area (Å²) >= 11 is 0. The summed E-state index contributed by atoms with van der Waals surface area (Å²) in [6.45, 7) is 0.994. The van der Waals surface area contributed by atoms with Gasteiger partial charge < -0.3 is 10.6 Å². The van der Waals surface area contributed by atoms with Crippen LogP contribution in [0.15, 0.2) is 18.2 Å². The van der Waals surface area contributed by atoms with Crippen molar-refractivity contribution in [1.82, 2.24) is 10.6 Å². The first kappa shape index (κ1) is 17.7. The van der Waals surface area contributed by atoms with Crippen LogP contribution in [-0.4, -0.2) is 19.0 Å². The van der Waals surface area contributed by atoms with Gasteiger partial charge in [0.2, 0.25) is 5.91 Å². The van der Waals surface area contributed by atoms with Crippen molar-refractivity contribution < 1.29 is 22.4 Å². The van der Waals surface area contributed by atoms with Crippen molar-refractivity contribution in [3.63, 3.8) is 0 Å². The zero-order chi connectivity index (χ0) is 14.8. The summed E-state index contributed by atoms with van der Waals surface area (Å²) in [4.78, 5) is 11.7. The van der Waals surface area contributed by atoms with Gasteiger partial charge in [0.25, 0.3) is 0 Å². The second-order valence-electron chi connectivity index (χ2n) is 4.71. The van der Waals surface area contributed by atoms with Gasteiger partial charge in [0.05, 0.1) is 11.5 Å². The molecular weight excluding hydrogens is 312 g/mol. The van der Waals surface area contributed by atoms with Gasteiger partial charge in [-0.15, -0.1) is 12.4 Å². The topological polar surface area (TPSA) is 41.1 Å². The molecular formula is C13H15ClF4N2O. The molecule has 1 fully saturated rings. The van der Waals surface area contributed by atoms with Crippen LogP contribution in [0.25, 0.3) is 0 Å². The Hall–Kier alpha value is -1.34. The van der Waals surface area contributed by atoms with Crippen LogP contribution in [0.1, 0.15) is 17.5 Å². The normalized spacial score (nSPS) is 18.2. The van der Waals surface area contributed by atoms with Crippen molar-refractivity contribution in [3.05, 3.63) is 35.1 Å². The van der Waals surface area contributed by atoms with Crippen LogP contribution >= 0.6 is 12.4 Å². The van der Waals surface area contributed by atoms with E-state index in [1.807, 2.05) is 0 Å². The monoisotopic (exact) mass is 326 g/mol. The van der Waals surface area contributed by atoms with E-state index in [1.165, 1.54) is 0 Å².